The van der Waals surface area contributed by atoms with Gasteiger partial charge in [0.1, 0.15) is 0 Å². The Kier molecular flexibility index (Phi) is 3.05. The van der Waals surface area contributed by atoms with Crippen molar-refractivity contribution in [3.63, 3.8) is 0 Å². The lowest BCUT2D eigenvalue weighted by atomic mass is 10.4. The summed E-state index contributed by atoms with van der Waals surface area (Å²) in [6.45, 7) is 3.90. The second-order valence-electron chi connectivity index (χ2n) is 1.42. The molecule has 6 heavy (non-hydrogen) atoms. The third kappa shape index (κ3) is 2.86. The van der Waals surface area contributed by atoms with Crippen molar-refractivity contribution in [1.29, 1.82) is 0 Å². The number of hydrogen-bond acceptors (Lipinski definition) is 1. The van der Waals surface area contributed by atoms with E-state index in [4.69, 9.17) is 11.6 Å². The molecule has 0 aromatic carbocycles. The van der Waals surface area contributed by atoms with Crippen LogP contribution in [0.15, 0.2) is 0 Å². The topological polar surface area (TPSA) is 0 Å². The second-order valence-corrected chi connectivity index (χ2v) is 2.92. The first-order valence-corrected chi connectivity index (χ1v) is 2.92. The minimum Gasteiger partial charge on any atom is -0.175 e. The number of rotatable bonds is 1. The van der Waals surface area contributed by atoms with E-state index in [1.54, 1.807) is 0 Å². The Morgan fingerprint density at radius 2 is 1.67 bits per heavy atom. The Morgan fingerprint density at radius 3 is 1.67 bits per heavy atom. The van der Waals surface area contributed by atoms with Crippen molar-refractivity contribution in [3.8, 4) is 0 Å². The third-order valence-corrected chi connectivity index (χ3v) is 1.67. The highest BCUT2D eigenvalue weighted by atomic mass is 35.5. The van der Waals surface area contributed by atoms with Gasteiger partial charge in [-0.3, -0.25) is 0 Å². The number of thiol groups is 1. The molecule has 0 saturated heterocycles. The smallest absolute Gasteiger partial charge is 0.0421 e. The zero-order valence-electron chi connectivity index (χ0n) is 3.98. The Balaban J connectivity index is 2.99. The van der Waals surface area contributed by atoms with Gasteiger partial charge < -0.3 is 0 Å². The molecule has 0 amide bonds. The van der Waals surface area contributed by atoms with Crippen molar-refractivity contribution in [2.24, 2.45) is 0 Å². The summed E-state index contributed by atoms with van der Waals surface area (Å²) in [7, 11) is 0. The molecule has 0 saturated carbocycles. The summed E-state index contributed by atoms with van der Waals surface area (Å²) in [5, 5.41) is 0.500. The molecule has 0 aliphatic rings. The molecule has 0 bridgehead atoms. The van der Waals surface area contributed by atoms with Crippen molar-refractivity contribution in [3.05, 3.63) is 0 Å². The maximum absolute atomic E-state index is 5.54. The van der Waals surface area contributed by atoms with Crippen LogP contribution >= 0.6 is 24.2 Å². The maximum atomic E-state index is 5.54. The summed E-state index contributed by atoms with van der Waals surface area (Å²) in [4.78, 5) is 0. The molecule has 0 radical (unpaired) electrons. The fourth-order valence-corrected chi connectivity index (χ4v) is 0. The fourth-order valence-electron chi connectivity index (χ4n) is 0. The van der Waals surface area contributed by atoms with Crippen LogP contribution in [0.25, 0.3) is 0 Å². The van der Waals surface area contributed by atoms with E-state index in [0.717, 1.165) is 0 Å². The monoisotopic (exact) mass is 124 g/mol. The quantitative estimate of drug-likeness (QED) is 0.401. The Hall–Kier alpha value is 0.640. The normalized spacial score (nSPS) is 20.0. The molecule has 2 unspecified atom stereocenters. The summed E-state index contributed by atoms with van der Waals surface area (Å²) < 4.78 is 0. The van der Waals surface area contributed by atoms with Crippen molar-refractivity contribution in [1.82, 2.24) is 0 Å². The average Bonchev–Trinajstić information content (AvgIpc) is 1.36. The molecular weight excluding hydrogens is 116 g/mol. The van der Waals surface area contributed by atoms with E-state index >= 15 is 0 Å². The van der Waals surface area contributed by atoms with Gasteiger partial charge in [-0.15, -0.1) is 11.6 Å². The second kappa shape index (κ2) is 2.75. The SMILES string of the molecule is CC(S)C(C)Cl. The third-order valence-electron chi connectivity index (χ3n) is 0.665. The molecule has 38 valence electrons. The molecule has 0 aromatic rings. The van der Waals surface area contributed by atoms with Gasteiger partial charge in [-0.25, -0.2) is 0 Å². The van der Waals surface area contributed by atoms with Gasteiger partial charge in [-0.1, -0.05) is 6.92 Å². The van der Waals surface area contributed by atoms with E-state index in [1.165, 1.54) is 0 Å². The fraction of sp³-hybridized carbons (Fsp3) is 1.00. The molecule has 0 heterocycles. The van der Waals surface area contributed by atoms with E-state index in [0.29, 0.717) is 5.25 Å². The lowest BCUT2D eigenvalue weighted by Crippen LogP contribution is -2.03. The van der Waals surface area contributed by atoms with Crippen LogP contribution in [0.4, 0.5) is 0 Å². The van der Waals surface area contributed by atoms with Crippen LogP contribution in [0.2, 0.25) is 0 Å². The predicted octanol–water partition coefficient (Wildman–Crippen LogP) is 1.93. The summed E-state index contributed by atoms with van der Waals surface area (Å²) in [5.41, 5.74) is 0. The molecule has 0 spiro atoms. The standard InChI is InChI=1S/C4H9ClS/c1-3(5)4(2)6/h3-4,6H,1-2H3. The lowest BCUT2D eigenvalue weighted by Gasteiger charge is -2.01. The van der Waals surface area contributed by atoms with Gasteiger partial charge >= 0.3 is 0 Å². The molecule has 0 aliphatic carbocycles. The van der Waals surface area contributed by atoms with Crippen molar-refractivity contribution < 1.29 is 0 Å². The Labute approximate surface area is 49.3 Å². The zero-order chi connectivity index (χ0) is 5.15. The van der Waals surface area contributed by atoms with Gasteiger partial charge in [0.05, 0.1) is 0 Å². The minimum absolute atomic E-state index is 0.188. The van der Waals surface area contributed by atoms with Gasteiger partial charge in [-0.05, 0) is 6.92 Å². The van der Waals surface area contributed by atoms with Crippen molar-refractivity contribution >= 4 is 24.2 Å². The Morgan fingerprint density at radius 1 is 1.50 bits per heavy atom. The van der Waals surface area contributed by atoms with E-state index in [9.17, 15) is 0 Å². The van der Waals surface area contributed by atoms with Gasteiger partial charge in [0.25, 0.3) is 0 Å². The molecule has 0 aromatic heterocycles. The van der Waals surface area contributed by atoms with Gasteiger partial charge in [0.2, 0.25) is 0 Å². The molecule has 2 heteroatoms. The molecule has 0 rings (SSSR count). The maximum Gasteiger partial charge on any atom is 0.0421 e. The summed E-state index contributed by atoms with van der Waals surface area (Å²) in [6, 6.07) is 0. The van der Waals surface area contributed by atoms with Gasteiger partial charge in [-0.2, -0.15) is 12.6 Å². The van der Waals surface area contributed by atoms with Crippen LogP contribution in [0.3, 0.4) is 0 Å². The lowest BCUT2D eigenvalue weighted by molar-refractivity contribution is 0.923. The first kappa shape index (κ1) is 6.64. The highest BCUT2D eigenvalue weighted by Crippen LogP contribution is 2.05. The van der Waals surface area contributed by atoms with E-state index in [-0.39, 0.29) is 5.38 Å². The molecule has 0 fully saturated rings. The van der Waals surface area contributed by atoms with Crippen LogP contribution in [0.1, 0.15) is 13.8 Å². The molecule has 0 nitrogen and oxygen atoms in total. The zero-order valence-corrected chi connectivity index (χ0v) is 5.63. The van der Waals surface area contributed by atoms with E-state index < -0.39 is 0 Å². The van der Waals surface area contributed by atoms with E-state index in [2.05, 4.69) is 12.6 Å². The number of hydrogen-bond donors (Lipinski definition) is 1. The summed E-state index contributed by atoms with van der Waals surface area (Å²) in [5.74, 6) is 0. The average molecular weight is 125 g/mol. The van der Waals surface area contributed by atoms with Crippen LogP contribution in [-0.4, -0.2) is 10.6 Å². The highest BCUT2D eigenvalue weighted by Gasteiger charge is 1.99. The molecule has 2 atom stereocenters. The Bertz CT molecular complexity index is 28.5. The van der Waals surface area contributed by atoms with Crippen LogP contribution in [-0.2, 0) is 0 Å². The number of halogens is 1. The van der Waals surface area contributed by atoms with Crippen LogP contribution < -0.4 is 0 Å². The van der Waals surface area contributed by atoms with E-state index in [1.807, 2.05) is 13.8 Å². The number of alkyl halides is 1. The first-order valence-electron chi connectivity index (χ1n) is 1.96. The predicted molar refractivity (Wildman–Crippen MR) is 33.8 cm³/mol. The van der Waals surface area contributed by atoms with Gasteiger partial charge in [0, 0.05) is 10.6 Å². The summed E-state index contributed by atoms with van der Waals surface area (Å²) >= 11 is 9.60. The van der Waals surface area contributed by atoms with Crippen LogP contribution in [0, 0.1) is 0 Å². The van der Waals surface area contributed by atoms with Gasteiger partial charge in [0.15, 0.2) is 0 Å². The first-order chi connectivity index (χ1) is 2.64. The molecule has 0 N–H and O–H groups in total. The minimum atomic E-state index is 0.188. The van der Waals surface area contributed by atoms with Crippen LogP contribution in [0.5, 0.6) is 0 Å². The molecule has 0 aliphatic heterocycles. The largest absolute Gasteiger partial charge is 0.175 e. The molecular formula is C4H9ClS. The summed E-state index contributed by atoms with van der Waals surface area (Å²) in [6.07, 6.45) is 0. The van der Waals surface area contributed by atoms with Crippen molar-refractivity contribution in [2.45, 2.75) is 24.5 Å². The highest BCUT2D eigenvalue weighted by molar-refractivity contribution is 7.81. The van der Waals surface area contributed by atoms with Crippen molar-refractivity contribution in [2.75, 3.05) is 0 Å².